The molecule has 0 radical (unpaired) electrons. The van der Waals surface area contributed by atoms with Crippen LogP contribution in [-0.4, -0.2) is 44.7 Å². The van der Waals surface area contributed by atoms with Crippen molar-refractivity contribution in [2.75, 3.05) is 38.6 Å². The number of anilines is 1. The van der Waals surface area contributed by atoms with Crippen LogP contribution in [0.5, 0.6) is 0 Å². The summed E-state index contributed by atoms with van der Waals surface area (Å²) in [6, 6.07) is 7.63. The summed E-state index contributed by atoms with van der Waals surface area (Å²) in [6.07, 6.45) is 4.05. The zero-order valence-electron chi connectivity index (χ0n) is 13.1. The monoisotopic (exact) mass is 351 g/mol. The van der Waals surface area contributed by atoms with Crippen molar-refractivity contribution in [3.05, 3.63) is 28.2 Å². The van der Waals surface area contributed by atoms with Crippen LogP contribution in [0, 0.1) is 5.92 Å². The van der Waals surface area contributed by atoms with Gasteiger partial charge in [0.15, 0.2) is 0 Å². The maximum Gasteiger partial charge on any atom is 0.0377 e. The highest BCUT2D eigenvalue weighted by Crippen LogP contribution is 2.33. The lowest BCUT2D eigenvalue weighted by Gasteiger charge is -2.46. The Kier molecular flexibility index (Phi) is 4.87. The molecule has 2 aliphatic rings. The van der Waals surface area contributed by atoms with Crippen LogP contribution in [0.1, 0.15) is 24.8 Å². The van der Waals surface area contributed by atoms with E-state index in [1.807, 2.05) is 7.05 Å². The van der Waals surface area contributed by atoms with Gasteiger partial charge in [-0.05, 0) is 63.5 Å². The summed E-state index contributed by atoms with van der Waals surface area (Å²) in [7, 11) is 4.29. The van der Waals surface area contributed by atoms with Crippen LogP contribution in [0.15, 0.2) is 22.7 Å². The Morgan fingerprint density at radius 2 is 2.14 bits per heavy atom. The van der Waals surface area contributed by atoms with E-state index >= 15 is 0 Å². The fourth-order valence-electron chi connectivity index (χ4n) is 3.95. The molecule has 2 fully saturated rings. The van der Waals surface area contributed by atoms with Crippen molar-refractivity contribution in [2.24, 2.45) is 5.92 Å². The number of nitrogens with zero attached hydrogens (tertiary/aromatic N) is 2. The Labute approximate surface area is 136 Å². The minimum absolute atomic E-state index is 0.807. The third-order valence-corrected chi connectivity index (χ3v) is 5.85. The van der Waals surface area contributed by atoms with E-state index in [2.05, 4.69) is 56.3 Å². The Balaban J connectivity index is 1.72. The minimum atomic E-state index is 0.807. The van der Waals surface area contributed by atoms with Crippen LogP contribution in [0.2, 0.25) is 0 Å². The Hall–Kier alpha value is -0.580. The fourth-order valence-corrected chi connectivity index (χ4v) is 4.46. The number of piperidine rings is 2. The molecule has 2 saturated heterocycles. The van der Waals surface area contributed by atoms with Gasteiger partial charge in [0.05, 0.1) is 0 Å². The van der Waals surface area contributed by atoms with Crippen molar-refractivity contribution < 1.29 is 0 Å². The van der Waals surface area contributed by atoms with E-state index in [9.17, 15) is 0 Å². The SMILES string of the molecule is CNCc1ccc(N2CCC3C(CCCN3C)C2)cc1Br. The van der Waals surface area contributed by atoms with Gasteiger partial charge in [0.1, 0.15) is 0 Å². The normalized spacial score (nSPS) is 26.7. The molecule has 1 aromatic carbocycles. The van der Waals surface area contributed by atoms with Crippen molar-refractivity contribution in [3.8, 4) is 0 Å². The lowest BCUT2D eigenvalue weighted by atomic mass is 9.84. The molecular formula is C17H26BrN3. The van der Waals surface area contributed by atoms with Crippen LogP contribution in [0.3, 0.4) is 0 Å². The van der Waals surface area contributed by atoms with Crippen molar-refractivity contribution in [1.29, 1.82) is 0 Å². The van der Waals surface area contributed by atoms with Gasteiger partial charge in [-0.15, -0.1) is 0 Å². The summed E-state index contributed by atoms with van der Waals surface area (Å²) < 4.78 is 1.22. The molecule has 1 aromatic rings. The zero-order valence-corrected chi connectivity index (χ0v) is 14.7. The van der Waals surface area contributed by atoms with Crippen molar-refractivity contribution in [1.82, 2.24) is 10.2 Å². The average Bonchev–Trinajstić information content (AvgIpc) is 2.49. The van der Waals surface area contributed by atoms with E-state index in [0.29, 0.717) is 0 Å². The number of halogens is 1. The summed E-state index contributed by atoms with van der Waals surface area (Å²) in [4.78, 5) is 5.16. The first-order valence-corrected chi connectivity index (χ1v) is 8.86. The van der Waals surface area contributed by atoms with E-state index in [1.165, 1.54) is 54.6 Å². The second-order valence-corrected chi connectivity index (χ2v) is 7.35. The molecule has 2 unspecified atom stereocenters. The molecule has 0 amide bonds. The highest BCUT2D eigenvalue weighted by atomic mass is 79.9. The molecule has 0 saturated carbocycles. The number of rotatable bonds is 3. The molecule has 0 spiro atoms. The first-order chi connectivity index (χ1) is 10.2. The number of hydrogen-bond acceptors (Lipinski definition) is 3. The van der Waals surface area contributed by atoms with Crippen molar-refractivity contribution in [3.63, 3.8) is 0 Å². The van der Waals surface area contributed by atoms with Gasteiger partial charge in [-0.2, -0.15) is 0 Å². The van der Waals surface area contributed by atoms with Gasteiger partial charge in [-0.1, -0.05) is 22.0 Å². The molecule has 21 heavy (non-hydrogen) atoms. The summed E-state index contributed by atoms with van der Waals surface area (Å²) in [5.74, 6) is 0.841. The van der Waals surface area contributed by atoms with Gasteiger partial charge >= 0.3 is 0 Å². The van der Waals surface area contributed by atoms with Crippen molar-refractivity contribution in [2.45, 2.75) is 31.8 Å². The fraction of sp³-hybridized carbons (Fsp3) is 0.647. The molecule has 3 nitrogen and oxygen atoms in total. The summed E-state index contributed by atoms with van der Waals surface area (Å²) in [6.45, 7) is 4.60. The van der Waals surface area contributed by atoms with E-state index in [-0.39, 0.29) is 0 Å². The van der Waals surface area contributed by atoms with Gasteiger partial charge < -0.3 is 15.1 Å². The van der Waals surface area contributed by atoms with E-state index in [4.69, 9.17) is 0 Å². The standard InChI is InChI=1S/C17H26BrN3/c1-19-11-13-5-6-15(10-16(13)18)21-9-7-17-14(12-21)4-3-8-20(17)2/h5-6,10,14,17,19H,3-4,7-9,11-12H2,1-2H3. The molecule has 0 bridgehead atoms. The van der Waals surface area contributed by atoms with E-state index in [0.717, 1.165) is 18.5 Å². The quantitative estimate of drug-likeness (QED) is 0.902. The highest BCUT2D eigenvalue weighted by molar-refractivity contribution is 9.10. The number of likely N-dealkylation sites (tertiary alicyclic amines) is 1. The van der Waals surface area contributed by atoms with Crippen LogP contribution < -0.4 is 10.2 Å². The molecule has 116 valence electrons. The second-order valence-electron chi connectivity index (χ2n) is 6.49. The summed E-state index contributed by atoms with van der Waals surface area (Å²) in [5, 5.41) is 3.22. The van der Waals surface area contributed by atoms with Gasteiger partial charge in [0.2, 0.25) is 0 Å². The van der Waals surface area contributed by atoms with Gasteiger partial charge in [-0.3, -0.25) is 0 Å². The lowest BCUT2D eigenvalue weighted by Crippen LogP contribution is -2.52. The zero-order chi connectivity index (χ0) is 14.8. The molecular weight excluding hydrogens is 326 g/mol. The van der Waals surface area contributed by atoms with Crippen LogP contribution in [-0.2, 0) is 6.54 Å². The summed E-state index contributed by atoms with van der Waals surface area (Å²) in [5.41, 5.74) is 2.70. The van der Waals surface area contributed by atoms with Crippen molar-refractivity contribution >= 4 is 21.6 Å². The predicted octanol–water partition coefficient (Wildman–Crippen LogP) is 3.09. The molecule has 2 atom stereocenters. The molecule has 0 aromatic heterocycles. The Morgan fingerprint density at radius 3 is 2.90 bits per heavy atom. The molecule has 4 heteroatoms. The van der Waals surface area contributed by atoms with Gasteiger partial charge in [-0.25, -0.2) is 0 Å². The topological polar surface area (TPSA) is 18.5 Å². The minimum Gasteiger partial charge on any atom is -0.371 e. The first kappa shape index (κ1) is 15.3. The molecule has 1 N–H and O–H groups in total. The maximum atomic E-state index is 3.72. The van der Waals surface area contributed by atoms with Crippen LogP contribution >= 0.6 is 15.9 Å². The molecule has 2 aliphatic heterocycles. The van der Waals surface area contributed by atoms with Gasteiger partial charge in [0, 0.05) is 35.8 Å². The van der Waals surface area contributed by atoms with Gasteiger partial charge in [0.25, 0.3) is 0 Å². The third-order valence-electron chi connectivity index (χ3n) is 5.11. The average molecular weight is 352 g/mol. The number of benzene rings is 1. The van der Waals surface area contributed by atoms with Crippen LogP contribution in [0.25, 0.3) is 0 Å². The number of fused-ring (bicyclic) bond motifs is 1. The Bertz CT molecular complexity index is 491. The largest absolute Gasteiger partial charge is 0.371 e. The second kappa shape index (κ2) is 6.67. The first-order valence-electron chi connectivity index (χ1n) is 8.07. The Morgan fingerprint density at radius 1 is 1.29 bits per heavy atom. The predicted molar refractivity (Wildman–Crippen MR) is 92.9 cm³/mol. The summed E-state index contributed by atoms with van der Waals surface area (Å²) >= 11 is 3.72. The number of hydrogen-bond donors (Lipinski definition) is 1. The molecule has 0 aliphatic carbocycles. The number of nitrogens with one attached hydrogen (secondary N) is 1. The van der Waals surface area contributed by atoms with E-state index < -0.39 is 0 Å². The molecule has 3 rings (SSSR count). The molecule has 2 heterocycles. The van der Waals surface area contributed by atoms with E-state index in [1.54, 1.807) is 0 Å². The van der Waals surface area contributed by atoms with Crippen LogP contribution in [0.4, 0.5) is 5.69 Å². The highest BCUT2D eigenvalue weighted by Gasteiger charge is 2.34. The maximum absolute atomic E-state index is 3.72. The lowest BCUT2D eigenvalue weighted by molar-refractivity contribution is 0.102. The smallest absolute Gasteiger partial charge is 0.0377 e. The third kappa shape index (κ3) is 3.27.